The van der Waals surface area contributed by atoms with Crippen LogP contribution in [0.25, 0.3) is 0 Å². The molecule has 1 saturated heterocycles. The van der Waals surface area contributed by atoms with Crippen molar-refractivity contribution >= 4 is 11.6 Å². The summed E-state index contributed by atoms with van der Waals surface area (Å²) in [6, 6.07) is 38.3. The number of methoxy groups -OCH3 is 1. The molecular weight excluding hydrogens is 564 g/mol. The zero-order valence-corrected chi connectivity index (χ0v) is 26.6. The molecule has 2 fully saturated rings. The zero-order chi connectivity index (χ0) is 30.4. The van der Waals surface area contributed by atoms with Crippen molar-refractivity contribution in [2.75, 3.05) is 39.8 Å². The van der Waals surface area contributed by atoms with Gasteiger partial charge in [0.2, 0.25) is 0 Å². The molecule has 2 atom stereocenters. The van der Waals surface area contributed by atoms with E-state index in [0.717, 1.165) is 80.3 Å². The average molecular weight is 609 g/mol. The van der Waals surface area contributed by atoms with Crippen molar-refractivity contribution in [3.05, 3.63) is 136 Å². The predicted molar refractivity (Wildman–Crippen MR) is 180 cm³/mol. The van der Waals surface area contributed by atoms with E-state index in [1.165, 1.54) is 17.5 Å². The zero-order valence-electron chi connectivity index (χ0n) is 25.8. The topological polar surface area (TPSA) is 35.9 Å². The maximum Gasteiger partial charge on any atom is 0.118 e. The number of piperazine rings is 1. The van der Waals surface area contributed by atoms with Crippen LogP contribution in [0.5, 0.6) is 5.75 Å². The van der Waals surface area contributed by atoms with Crippen molar-refractivity contribution < 1.29 is 9.84 Å². The Kier molecular flexibility index (Phi) is 10.0. The highest BCUT2D eigenvalue weighted by atomic mass is 35.5. The van der Waals surface area contributed by atoms with Crippen LogP contribution in [0.4, 0.5) is 0 Å². The monoisotopic (exact) mass is 608 g/mol. The van der Waals surface area contributed by atoms with Gasteiger partial charge in [0.05, 0.1) is 13.2 Å². The molecule has 0 bridgehead atoms. The minimum atomic E-state index is -1.01. The number of hydrogen-bond acceptors (Lipinski definition) is 4. The van der Waals surface area contributed by atoms with Gasteiger partial charge in [-0.1, -0.05) is 116 Å². The van der Waals surface area contributed by atoms with E-state index in [0.29, 0.717) is 0 Å². The fourth-order valence-corrected chi connectivity index (χ4v) is 7.79. The molecule has 5 heteroatoms. The van der Waals surface area contributed by atoms with Crippen LogP contribution in [0.15, 0.2) is 109 Å². The van der Waals surface area contributed by atoms with E-state index >= 15 is 0 Å². The Morgan fingerprint density at radius 2 is 1.30 bits per heavy atom. The second-order valence-corrected chi connectivity index (χ2v) is 13.0. The highest BCUT2D eigenvalue weighted by molar-refractivity contribution is 6.30. The third-order valence-corrected chi connectivity index (χ3v) is 10.3. The lowest BCUT2D eigenvalue weighted by Crippen LogP contribution is -2.52. The standard InChI is InChI=1S/C39H45ClN2O2/c1-44-36-23-19-34(20-24-36)39(43,33-15-9-4-10-16-33)37(30-17-21-35(40)22-18-30)29-41-25-27-42(28-26-41)38(31-11-5-2-6-12-31)32-13-7-3-8-14-32/h2-3,5-8,11-14,17-24,33,37-38,43H,4,9-10,15-16,25-29H2,1H3/t37-,39-/m0/s1. The van der Waals surface area contributed by atoms with Crippen molar-refractivity contribution in [1.82, 2.24) is 9.80 Å². The van der Waals surface area contributed by atoms with Crippen LogP contribution in [0.3, 0.4) is 0 Å². The first-order chi connectivity index (χ1) is 21.6. The molecule has 4 aromatic rings. The number of benzene rings is 4. The van der Waals surface area contributed by atoms with Crippen LogP contribution < -0.4 is 4.74 Å². The van der Waals surface area contributed by atoms with Gasteiger partial charge in [-0.2, -0.15) is 0 Å². The summed E-state index contributed by atoms with van der Waals surface area (Å²) in [7, 11) is 1.69. The fourth-order valence-electron chi connectivity index (χ4n) is 7.66. The van der Waals surface area contributed by atoms with Gasteiger partial charge in [0.25, 0.3) is 0 Å². The quantitative estimate of drug-likeness (QED) is 0.196. The van der Waals surface area contributed by atoms with Crippen LogP contribution >= 0.6 is 11.6 Å². The van der Waals surface area contributed by atoms with E-state index in [4.69, 9.17) is 16.3 Å². The summed E-state index contributed by atoms with van der Waals surface area (Å²) < 4.78 is 5.49. The van der Waals surface area contributed by atoms with Crippen molar-refractivity contribution in [2.24, 2.45) is 5.92 Å². The van der Waals surface area contributed by atoms with Crippen molar-refractivity contribution in [2.45, 2.75) is 49.7 Å². The number of nitrogens with zero attached hydrogens (tertiary/aromatic N) is 2. The first kappa shape index (κ1) is 30.9. The largest absolute Gasteiger partial charge is 0.497 e. The van der Waals surface area contributed by atoms with E-state index in [1.807, 2.05) is 24.3 Å². The molecule has 44 heavy (non-hydrogen) atoms. The summed E-state index contributed by atoms with van der Waals surface area (Å²) in [5, 5.41) is 13.8. The van der Waals surface area contributed by atoms with Crippen molar-refractivity contribution in [3.8, 4) is 5.75 Å². The highest BCUT2D eigenvalue weighted by Crippen LogP contribution is 2.49. The summed E-state index contributed by atoms with van der Waals surface area (Å²) in [6.07, 6.45) is 5.64. The molecule has 0 aromatic heterocycles. The lowest BCUT2D eigenvalue weighted by atomic mass is 9.65. The van der Waals surface area contributed by atoms with E-state index in [1.54, 1.807) is 7.11 Å². The summed E-state index contributed by atoms with van der Waals surface area (Å²) >= 11 is 6.38. The minimum absolute atomic E-state index is 0.0955. The lowest BCUT2D eigenvalue weighted by Gasteiger charge is -2.47. The molecule has 4 aromatic carbocycles. The molecule has 0 amide bonds. The number of rotatable bonds is 10. The SMILES string of the molecule is COc1ccc([C@@](O)(C2CCCCC2)[C@@H](CN2CCN(C(c3ccccc3)c3ccccc3)CC2)c2ccc(Cl)cc2)cc1. The number of aliphatic hydroxyl groups is 1. The molecule has 0 unspecified atom stereocenters. The van der Waals surface area contributed by atoms with Gasteiger partial charge < -0.3 is 14.7 Å². The van der Waals surface area contributed by atoms with Gasteiger partial charge in [-0.05, 0) is 65.3 Å². The van der Waals surface area contributed by atoms with Gasteiger partial charge in [-0.15, -0.1) is 0 Å². The van der Waals surface area contributed by atoms with Crippen molar-refractivity contribution in [1.29, 1.82) is 0 Å². The Hall–Kier alpha value is -3.15. The molecule has 0 spiro atoms. The third kappa shape index (κ3) is 6.74. The second-order valence-electron chi connectivity index (χ2n) is 12.6. The van der Waals surface area contributed by atoms with Gasteiger partial charge >= 0.3 is 0 Å². The highest BCUT2D eigenvalue weighted by Gasteiger charge is 2.47. The van der Waals surface area contributed by atoms with Gasteiger partial charge in [-0.25, -0.2) is 0 Å². The Bertz CT molecular complexity index is 1390. The minimum Gasteiger partial charge on any atom is -0.497 e. The molecule has 1 aliphatic heterocycles. The maximum atomic E-state index is 13.1. The Balaban J connectivity index is 1.29. The van der Waals surface area contributed by atoms with Gasteiger partial charge in [0, 0.05) is 43.7 Å². The van der Waals surface area contributed by atoms with E-state index in [2.05, 4.69) is 94.7 Å². The van der Waals surface area contributed by atoms with Crippen LogP contribution in [-0.4, -0.2) is 54.7 Å². The maximum absolute atomic E-state index is 13.1. The average Bonchev–Trinajstić information content (AvgIpc) is 3.09. The summed E-state index contributed by atoms with van der Waals surface area (Å²) in [5.74, 6) is 0.902. The summed E-state index contributed by atoms with van der Waals surface area (Å²) in [5.41, 5.74) is 3.78. The molecule has 1 aliphatic carbocycles. The normalized spacial score (nSPS) is 19.0. The number of ether oxygens (including phenoxy) is 1. The fraction of sp³-hybridized carbons (Fsp3) is 0.385. The Morgan fingerprint density at radius 3 is 1.84 bits per heavy atom. The van der Waals surface area contributed by atoms with Gasteiger partial charge in [-0.3, -0.25) is 4.90 Å². The van der Waals surface area contributed by atoms with Crippen LogP contribution in [0, 0.1) is 5.92 Å². The molecule has 1 heterocycles. The molecule has 230 valence electrons. The first-order valence-electron chi connectivity index (χ1n) is 16.2. The molecule has 2 aliphatic rings. The molecule has 6 rings (SSSR count). The molecular formula is C39H45ClN2O2. The smallest absolute Gasteiger partial charge is 0.118 e. The van der Waals surface area contributed by atoms with Crippen LogP contribution in [-0.2, 0) is 5.60 Å². The van der Waals surface area contributed by atoms with E-state index in [9.17, 15) is 5.11 Å². The first-order valence-corrected chi connectivity index (χ1v) is 16.6. The van der Waals surface area contributed by atoms with Gasteiger partial charge in [0.15, 0.2) is 0 Å². The van der Waals surface area contributed by atoms with Crippen LogP contribution in [0.2, 0.25) is 5.02 Å². The Morgan fingerprint density at radius 1 is 0.727 bits per heavy atom. The number of hydrogen-bond donors (Lipinski definition) is 1. The second kappa shape index (κ2) is 14.3. The van der Waals surface area contributed by atoms with E-state index in [-0.39, 0.29) is 17.9 Å². The molecule has 1 N–H and O–H groups in total. The molecule has 1 saturated carbocycles. The molecule has 4 nitrogen and oxygen atoms in total. The number of halogens is 1. The van der Waals surface area contributed by atoms with E-state index < -0.39 is 5.60 Å². The molecule has 0 radical (unpaired) electrons. The Labute approximate surface area is 268 Å². The van der Waals surface area contributed by atoms with Crippen molar-refractivity contribution in [3.63, 3.8) is 0 Å². The van der Waals surface area contributed by atoms with Gasteiger partial charge in [0.1, 0.15) is 11.4 Å². The predicted octanol–water partition coefficient (Wildman–Crippen LogP) is 8.31. The third-order valence-electron chi connectivity index (χ3n) is 10.0. The lowest BCUT2D eigenvalue weighted by molar-refractivity contribution is -0.0725. The summed E-state index contributed by atoms with van der Waals surface area (Å²) in [6.45, 7) is 4.61. The summed E-state index contributed by atoms with van der Waals surface area (Å²) in [4.78, 5) is 5.19. The van der Waals surface area contributed by atoms with Crippen LogP contribution in [0.1, 0.15) is 66.3 Å².